The largest absolute Gasteiger partial charge is 0.387 e. The van der Waals surface area contributed by atoms with Crippen LogP contribution in [0.4, 0.5) is 0 Å². The summed E-state index contributed by atoms with van der Waals surface area (Å²) in [5.41, 5.74) is 1.95. The Hall–Kier alpha value is -1.13. The summed E-state index contributed by atoms with van der Waals surface area (Å²) in [7, 11) is 1.89. The second kappa shape index (κ2) is 5.47. The lowest BCUT2D eigenvalue weighted by molar-refractivity contribution is 0.158. The van der Waals surface area contributed by atoms with Crippen LogP contribution in [0, 0.1) is 0 Å². The van der Waals surface area contributed by atoms with Gasteiger partial charge in [0.25, 0.3) is 0 Å². The molecule has 92 valence electrons. The van der Waals surface area contributed by atoms with E-state index in [1.165, 1.54) is 4.88 Å². The van der Waals surface area contributed by atoms with E-state index in [0.717, 1.165) is 30.7 Å². The molecule has 0 aliphatic carbocycles. The van der Waals surface area contributed by atoms with Crippen molar-refractivity contribution in [2.45, 2.75) is 32.3 Å². The first-order valence-electron chi connectivity index (χ1n) is 5.94. The Morgan fingerprint density at radius 3 is 2.94 bits per heavy atom. The van der Waals surface area contributed by atoms with E-state index in [-0.39, 0.29) is 0 Å². The highest BCUT2D eigenvalue weighted by molar-refractivity contribution is 7.09. The van der Waals surface area contributed by atoms with E-state index in [0.29, 0.717) is 0 Å². The zero-order valence-corrected chi connectivity index (χ0v) is 11.1. The minimum Gasteiger partial charge on any atom is -0.387 e. The van der Waals surface area contributed by atoms with Gasteiger partial charge in [0.2, 0.25) is 0 Å². The Morgan fingerprint density at radius 2 is 2.35 bits per heavy atom. The fourth-order valence-electron chi connectivity index (χ4n) is 1.91. The summed E-state index contributed by atoms with van der Waals surface area (Å²) in [5.74, 6) is 0. The third-order valence-corrected chi connectivity index (χ3v) is 3.85. The fraction of sp³-hybridized carbons (Fsp3) is 0.462. The molecule has 2 aromatic rings. The van der Waals surface area contributed by atoms with Crippen LogP contribution in [0.25, 0.3) is 0 Å². The van der Waals surface area contributed by atoms with E-state index < -0.39 is 6.10 Å². The first kappa shape index (κ1) is 12.3. The van der Waals surface area contributed by atoms with Gasteiger partial charge in [0.15, 0.2) is 0 Å². The Labute approximate surface area is 106 Å². The standard InChI is InChI=1S/C13H18N2OS/c1-3-10-9-12(15(2)14-10)13(16)7-6-11-5-4-8-17-11/h4-5,8-9,13,16H,3,6-7H2,1-2H3. The first-order chi connectivity index (χ1) is 8.20. The van der Waals surface area contributed by atoms with Crippen LogP contribution >= 0.6 is 11.3 Å². The molecule has 0 bridgehead atoms. The summed E-state index contributed by atoms with van der Waals surface area (Å²) in [6.07, 6.45) is 2.16. The lowest BCUT2D eigenvalue weighted by Crippen LogP contribution is -2.06. The van der Waals surface area contributed by atoms with Gasteiger partial charge < -0.3 is 5.11 Å². The molecule has 2 rings (SSSR count). The van der Waals surface area contributed by atoms with Crippen molar-refractivity contribution in [3.8, 4) is 0 Å². The average molecular weight is 250 g/mol. The minimum absolute atomic E-state index is 0.421. The van der Waals surface area contributed by atoms with Crippen molar-refractivity contribution in [3.63, 3.8) is 0 Å². The summed E-state index contributed by atoms with van der Waals surface area (Å²) >= 11 is 1.74. The van der Waals surface area contributed by atoms with Gasteiger partial charge in [-0.1, -0.05) is 13.0 Å². The van der Waals surface area contributed by atoms with Crippen molar-refractivity contribution in [2.24, 2.45) is 7.05 Å². The summed E-state index contributed by atoms with van der Waals surface area (Å²) in [6, 6.07) is 6.16. The molecule has 3 nitrogen and oxygen atoms in total. The molecule has 17 heavy (non-hydrogen) atoms. The number of aryl methyl sites for hydroxylation is 3. The molecule has 1 N–H and O–H groups in total. The molecule has 4 heteroatoms. The maximum Gasteiger partial charge on any atom is 0.0960 e. The van der Waals surface area contributed by atoms with Gasteiger partial charge in [-0.2, -0.15) is 5.10 Å². The molecule has 0 saturated carbocycles. The van der Waals surface area contributed by atoms with Crippen molar-refractivity contribution >= 4 is 11.3 Å². The molecule has 0 aromatic carbocycles. The number of aliphatic hydroxyl groups is 1. The Balaban J connectivity index is 1.99. The molecule has 0 saturated heterocycles. The van der Waals surface area contributed by atoms with Crippen molar-refractivity contribution in [3.05, 3.63) is 39.8 Å². The molecule has 0 radical (unpaired) electrons. The van der Waals surface area contributed by atoms with Crippen molar-refractivity contribution in [2.75, 3.05) is 0 Å². The van der Waals surface area contributed by atoms with Crippen LogP contribution in [0.2, 0.25) is 0 Å². The van der Waals surface area contributed by atoms with Gasteiger partial charge in [-0.3, -0.25) is 4.68 Å². The molecule has 0 spiro atoms. The second-order valence-corrected chi connectivity index (χ2v) is 5.20. The molecule has 0 amide bonds. The van der Waals surface area contributed by atoms with Crippen LogP contribution in [0.3, 0.4) is 0 Å². The zero-order valence-electron chi connectivity index (χ0n) is 10.3. The third kappa shape index (κ3) is 2.96. The van der Waals surface area contributed by atoms with Gasteiger partial charge in [0.1, 0.15) is 0 Å². The SMILES string of the molecule is CCc1cc(C(O)CCc2cccs2)n(C)n1. The normalized spacial score (nSPS) is 12.9. The Kier molecular flexibility index (Phi) is 3.97. The second-order valence-electron chi connectivity index (χ2n) is 4.17. The van der Waals surface area contributed by atoms with Crippen LogP contribution in [0.15, 0.2) is 23.6 Å². The predicted molar refractivity (Wildman–Crippen MR) is 70.2 cm³/mol. The third-order valence-electron chi connectivity index (χ3n) is 2.91. The molecule has 1 atom stereocenters. The fourth-order valence-corrected chi connectivity index (χ4v) is 2.63. The molecule has 0 aliphatic rings. The number of aromatic nitrogens is 2. The maximum absolute atomic E-state index is 10.2. The van der Waals surface area contributed by atoms with E-state index >= 15 is 0 Å². The molecule has 2 heterocycles. The van der Waals surface area contributed by atoms with Crippen LogP contribution < -0.4 is 0 Å². The van der Waals surface area contributed by atoms with E-state index in [2.05, 4.69) is 23.5 Å². The molecule has 2 aromatic heterocycles. The van der Waals surface area contributed by atoms with Gasteiger partial charge >= 0.3 is 0 Å². The van der Waals surface area contributed by atoms with Crippen LogP contribution in [0.1, 0.15) is 35.7 Å². The molecule has 0 fully saturated rings. The molecule has 0 aliphatic heterocycles. The van der Waals surface area contributed by atoms with Gasteiger partial charge in [-0.05, 0) is 36.8 Å². The van der Waals surface area contributed by atoms with Crippen LogP contribution in [-0.4, -0.2) is 14.9 Å². The molecule has 1 unspecified atom stereocenters. The van der Waals surface area contributed by atoms with E-state index in [1.807, 2.05) is 19.2 Å². The average Bonchev–Trinajstić information content (AvgIpc) is 2.94. The number of hydrogen-bond acceptors (Lipinski definition) is 3. The Morgan fingerprint density at radius 1 is 1.53 bits per heavy atom. The van der Waals surface area contributed by atoms with Gasteiger partial charge in [0.05, 0.1) is 17.5 Å². The quantitative estimate of drug-likeness (QED) is 0.886. The Bertz CT molecular complexity index is 462. The summed E-state index contributed by atoms with van der Waals surface area (Å²) < 4.78 is 1.79. The summed E-state index contributed by atoms with van der Waals surface area (Å²) in [4.78, 5) is 1.32. The first-order valence-corrected chi connectivity index (χ1v) is 6.82. The molecular weight excluding hydrogens is 232 g/mol. The van der Waals surface area contributed by atoms with E-state index in [9.17, 15) is 5.11 Å². The van der Waals surface area contributed by atoms with Gasteiger partial charge in [-0.15, -0.1) is 11.3 Å². The van der Waals surface area contributed by atoms with Crippen molar-refractivity contribution < 1.29 is 5.11 Å². The number of nitrogens with zero attached hydrogens (tertiary/aromatic N) is 2. The van der Waals surface area contributed by atoms with Crippen LogP contribution in [-0.2, 0) is 19.9 Å². The summed E-state index contributed by atoms with van der Waals surface area (Å²) in [6.45, 7) is 2.07. The van der Waals surface area contributed by atoms with Gasteiger partial charge in [0, 0.05) is 11.9 Å². The lowest BCUT2D eigenvalue weighted by Gasteiger charge is -2.09. The lowest BCUT2D eigenvalue weighted by atomic mass is 10.1. The van der Waals surface area contributed by atoms with Crippen molar-refractivity contribution in [1.82, 2.24) is 9.78 Å². The van der Waals surface area contributed by atoms with E-state index in [1.54, 1.807) is 16.0 Å². The predicted octanol–water partition coefficient (Wildman–Crippen LogP) is 2.71. The number of rotatable bonds is 5. The topological polar surface area (TPSA) is 38.0 Å². The minimum atomic E-state index is -0.421. The summed E-state index contributed by atoms with van der Waals surface area (Å²) in [5, 5.41) is 16.6. The van der Waals surface area contributed by atoms with Gasteiger partial charge in [-0.25, -0.2) is 0 Å². The highest BCUT2D eigenvalue weighted by Crippen LogP contribution is 2.21. The molecular formula is C13H18N2OS. The number of aliphatic hydroxyl groups excluding tert-OH is 1. The highest BCUT2D eigenvalue weighted by atomic mass is 32.1. The number of thiophene rings is 1. The zero-order chi connectivity index (χ0) is 12.3. The van der Waals surface area contributed by atoms with Crippen molar-refractivity contribution in [1.29, 1.82) is 0 Å². The highest BCUT2D eigenvalue weighted by Gasteiger charge is 2.13. The van der Waals surface area contributed by atoms with Crippen LogP contribution in [0.5, 0.6) is 0 Å². The number of hydrogen-bond donors (Lipinski definition) is 1. The smallest absolute Gasteiger partial charge is 0.0960 e. The van der Waals surface area contributed by atoms with E-state index in [4.69, 9.17) is 0 Å². The maximum atomic E-state index is 10.2. The monoisotopic (exact) mass is 250 g/mol.